The fourth-order valence-corrected chi connectivity index (χ4v) is 3.73. The van der Waals surface area contributed by atoms with Crippen molar-refractivity contribution in [1.29, 1.82) is 0 Å². The number of aryl methyl sites for hydroxylation is 1. The molecule has 9 nitrogen and oxygen atoms in total. The number of rotatable bonds is 7. The quantitative estimate of drug-likeness (QED) is 0.467. The minimum absolute atomic E-state index is 0.0108. The first-order chi connectivity index (χ1) is 14.3. The molecular weight excluding hydrogens is 402 g/mol. The third-order valence-corrected chi connectivity index (χ3v) is 5.56. The fraction of sp³-hybridized carbons (Fsp3) is 0.300. The van der Waals surface area contributed by atoms with Crippen LogP contribution >= 0.6 is 0 Å². The van der Waals surface area contributed by atoms with Crippen LogP contribution in [0.4, 0.5) is 5.69 Å². The van der Waals surface area contributed by atoms with Gasteiger partial charge in [-0.25, -0.2) is 8.42 Å². The van der Waals surface area contributed by atoms with Crippen LogP contribution in [0.15, 0.2) is 43.0 Å². The van der Waals surface area contributed by atoms with E-state index < -0.39 is 9.84 Å². The lowest BCUT2D eigenvalue weighted by Crippen LogP contribution is -2.12. The molecule has 0 aliphatic rings. The molecule has 3 aromatic heterocycles. The van der Waals surface area contributed by atoms with Gasteiger partial charge in [0.05, 0.1) is 35.9 Å². The number of nitrogens with one attached hydrogen (secondary N) is 2. The number of hydrogen-bond donors (Lipinski definition) is 2. The van der Waals surface area contributed by atoms with Crippen molar-refractivity contribution in [3.05, 3.63) is 43.0 Å². The SMILES string of the molecule is CC(C)Nc1c(-c2cn(CCS(C)(=O)=O)nn2)cnc2ccc(-c3cn[nH]c3)cc12. The largest absolute Gasteiger partial charge is 0.382 e. The van der Waals surface area contributed by atoms with E-state index in [1.54, 1.807) is 23.3 Å². The Kier molecular flexibility index (Phi) is 5.25. The van der Waals surface area contributed by atoms with E-state index in [0.29, 0.717) is 5.69 Å². The van der Waals surface area contributed by atoms with Gasteiger partial charge in [-0.15, -0.1) is 5.10 Å². The Morgan fingerprint density at radius 1 is 1.20 bits per heavy atom. The first-order valence-corrected chi connectivity index (χ1v) is 11.6. The van der Waals surface area contributed by atoms with E-state index >= 15 is 0 Å². The summed E-state index contributed by atoms with van der Waals surface area (Å²) >= 11 is 0. The standard InChI is InChI=1S/C20H23N7O2S/c1-13(2)24-20-16-8-14(15-9-22-23-10-15)4-5-18(16)21-11-17(20)19-12-27(26-25-19)6-7-30(3,28)29/h4-5,8-13H,6-7H2,1-3H3,(H,21,24)(H,22,23). The molecule has 156 valence electrons. The maximum Gasteiger partial charge on any atom is 0.149 e. The highest BCUT2D eigenvalue weighted by Crippen LogP contribution is 2.35. The highest BCUT2D eigenvalue weighted by Gasteiger charge is 2.16. The number of sulfone groups is 1. The molecular formula is C20H23N7O2S. The van der Waals surface area contributed by atoms with Crippen LogP contribution in [0.1, 0.15) is 13.8 Å². The summed E-state index contributed by atoms with van der Waals surface area (Å²) in [6.07, 6.45) is 8.36. The second-order valence-corrected chi connectivity index (χ2v) is 9.82. The second-order valence-electron chi connectivity index (χ2n) is 7.56. The Bertz CT molecular complexity index is 1280. The Hall–Kier alpha value is -3.27. The lowest BCUT2D eigenvalue weighted by Gasteiger charge is -2.16. The molecule has 0 bridgehead atoms. The van der Waals surface area contributed by atoms with Crippen LogP contribution in [0.3, 0.4) is 0 Å². The summed E-state index contributed by atoms with van der Waals surface area (Å²) in [5, 5.41) is 19.7. The monoisotopic (exact) mass is 425 g/mol. The predicted octanol–water partition coefficient (Wildman–Crippen LogP) is 2.75. The van der Waals surface area contributed by atoms with Crippen molar-refractivity contribution in [3.8, 4) is 22.4 Å². The molecule has 0 unspecified atom stereocenters. The highest BCUT2D eigenvalue weighted by atomic mass is 32.2. The smallest absolute Gasteiger partial charge is 0.149 e. The zero-order valence-corrected chi connectivity index (χ0v) is 17.8. The van der Waals surface area contributed by atoms with Gasteiger partial charge in [0.2, 0.25) is 0 Å². The van der Waals surface area contributed by atoms with E-state index in [9.17, 15) is 8.42 Å². The molecule has 10 heteroatoms. The van der Waals surface area contributed by atoms with Crippen LogP contribution < -0.4 is 5.32 Å². The average molecular weight is 426 g/mol. The van der Waals surface area contributed by atoms with Gasteiger partial charge in [0.15, 0.2) is 0 Å². The highest BCUT2D eigenvalue weighted by molar-refractivity contribution is 7.90. The fourth-order valence-electron chi connectivity index (χ4n) is 3.21. The summed E-state index contributed by atoms with van der Waals surface area (Å²) in [5.74, 6) is 0.0108. The minimum Gasteiger partial charge on any atom is -0.382 e. The molecule has 0 radical (unpaired) electrons. The molecule has 0 aliphatic carbocycles. The summed E-state index contributed by atoms with van der Waals surface area (Å²) in [6.45, 7) is 4.39. The zero-order chi connectivity index (χ0) is 21.3. The zero-order valence-electron chi connectivity index (χ0n) is 17.0. The molecule has 30 heavy (non-hydrogen) atoms. The first-order valence-electron chi connectivity index (χ1n) is 9.57. The number of anilines is 1. The first kappa shape index (κ1) is 20.0. The van der Waals surface area contributed by atoms with E-state index in [1.807, 2.05) is 18.3 Å². The summed E-state index contributed by atoms with van der Waals surface area (Å²) in [6, 6.07) is 6.26. The van der Waals surface area contributed by atoms with Crippen molar-refractivity contribution >= 4 is 26.4 Å². The van der Waals surface area contributed by atoms with Crippen LogP contribution in [0.25, 0.3) is 33.3 Å². The van der Waals surface area contributed by atoms with Crippen LogP contribution in [0.5, 0.6) is 0 Å². The number of hydrogen-bond acceptors (Lipinski definition) is 7. The Morgan fingerprint density at radius 3 is 2.73 bits per heavy atom. The molecule has 0 atom stereocenters. The lowest BCUT2D eigenvalue weighted by molar-refractivity contribution is 0.579. The summed E-state index contributed by atoms with van der Waals surface area (Å²) in [5.41, 5.74) is 5.23. The Labute approximate surface area is 174 Å². The van der Waals surface area contributed by atoms with Gasteiger partial charge in [-0.1, -0.05) is 11.3 Å². The molecule has 1 aromatic carbocycles. The van der Waals surface area contributed by atoms with Crippen molar-refractivity contribution in [2.45, 2.75) is 26.4 Å². The van der Waals surface area contributed by atoms with Crippen LogP contribution in [0, 0.1) is 0 Å². The molecule has 0 saturated carbocycles. The van der Waals surface area contributed by atoms with E-state index in [4.69, 9.17) is 0 Å². The number of aromatic nitrogens is 6. The maximum atomic E-state index is 11.4. The Morgan fingerprint density at radius 2 is 2.03 bits per heavy atom. The normalized spacial score (nSPS) is 12.0. The third kappa shape index (κ3) is 4.33. The van der Waals surface area contributed by atoms with Crippen LogP contribution in [-0.4, -0.2) is 56.6 Å². The molecule has 2 N–H and O–H groups in total. The van der Waals surface area contributed by atoms with Crippen molar-refractivity contribution in [1.82, 2.24) is 30.2 Å². The van der Waals surface area contributed by atoms with E-state index in [0.717, 1.165) is 33.3 Å². The average Bonchev–Trinajstić information content (AvgIpc) is 3.37. The predicted molar refractivity (Wildman–Crippen MR) is 117 cm³/mol. The topological polar surface area (TPSA) is 118 Å². The minimum atomic E-state index is -3.08. The molecule has 4 aromatic rings. The van der Waals surface area contributed by atoms with Gasteiger partial charge in [0, 0.05) is 41.2 Å². The number of benzene rings is 1. The summed E-state index contributed by atoms with van der Waals surface area (Å²) < 4.78 is 24.4. The number of nitrogens with zero attached hydrogens (tertiary/aromatic N) is 5. The van der Waals surface area contributed by atoms with Crippen molar-refractivity contribution in [3.63, 3.8) is 0 Å². The third-order valence-electron chi connectivity index (χ3n) is 4.64. The van der Waals surface area contributed by atoms with Gasteiger partial charge >= 0.3 is 0 Å². The molecule has 0 aliphatic heterocycles. The molecule has 3 heterocycles. The van der Waals surface area contributed by atoms with Crippen molar-refractivity contribution in [2.24, 2.45) is 0 Å². The number of pyridine rings is 1. The maximum absolute atomic E-state index is 11.4. The van der Waals surface area contributed by atoms with Gasteiger partial charge in [0.25, 0.3) is 0 Å². The van der Waals surface area contributed by atoms with Crippen LogP contribution in [-0.2, 0) is 16.4 Å². The van der Waals surface area contributed by atoms with Gasteiger partial charge in [0.1, 0.15) is 15.5 Å². The van der Waals surface area contributed by atoms with E-state index in [-0.39, 0.29) is 18.3 Å². The number of aromatic amines is 1. The van der Waals surface area contributed by atoms with Gasteiger partial charge in [-0.2, -0.15) is 5.10 Å². The molecule has 0 fully saturated rings. The van der Waals surface area contributed by atoms with Crippen molar-refractivity contribution in [2.75, 3.05) is 17.3 Å². The molecule has 0 amide bonds. The number of H-pyrrole nitrogens is 1. The van der Waals surface area contributed by atoms with Crippen molar-refractivity contribution < 1.29 is 8.42 Å². The van der Waals surface area contributed by atoms with Gasteiger partial charge < -0.3 is 5.32 Å². The van der Waals surface area contributed by atoms with Gasteiger partial charge in [-0.3, -0.25) is 14.8 Å². The second kappa shape index (κ2) is 7.86. The summed E-state index contributed by atoms with van der Waals surface area (Å²) in [7, 11) is -3.08. The number of fused-ring (bicyclic) bond motifs is 1. The molecule has 4 rings (SSSR count). The lowest BCUT2D eigenvalue weighted by atomic mass is 10.0. The van der Waals surface area contributed by atoms with E-state index in [1.165, 1.54) is 6.26 Å². The van der Waals surface area contributed by atoms with Gasteiger partial charge in [-0.05, 0) is 31.5 Å². The van der Waals surface area contributed by atoms with Crippen LogP contribution in [0.2, 0.25) is 0 Å². The van der Waals surface area contributed by atoms with E-state index in [2.05, 4.69) is 50.7 Å². The Balaban J connectivity index is 1.80. The molecule has 0 saturated heterocycles. The summed E-state index contributed by atoms with van der Waals surface area (Å²) in [4.78, 5) is 4.61. The molecule has 0 spiro atoms.